The van der Waals surface area contributed by atoms with Crippen molar-refractivity contribution in [3.63, 3.8) is 0 Å². The van der Waals surface area contributed by atoms with Crippen molar-refractivity contribution in [3.8, 4) is 33.9 Å². The fraction of sp³-hybridized carbons (Fsp3) is 0. The zero-order valence-electron chi connectivity index (χ0n) is 24.8. The third kappa shape index (κ3) is 3.90. The van der Waals surface area contributed by atoms with Crippen LogP contribution in [0.1, 0.15) is 0 Å². The van der Waals surface area contributed by atoms with Crippen LogP contribution in [-0.2, 0) is 0 Å². The first-order valence-electron chi connectivity index (χ1n) is 15.3. The minimum atomic E-state index is 0.666. The van der Waals surface area contributed by atoms with E-state index in [-0.39, 0.29) is 0 Å². The van der Waals surface area contributed by atoms with Crippen LogP contribution in [0.4, 0.5) is 0 Å². The molecule has 0 saturated carbocycles. The van der Waals surface area contributed by atoms with Gasteiger partial charge in [-0.05, 0) is 60.7 Å². The molecule has 0 bridgehead atoms. The molecular weight excluding hydrogens is 582 g/mol. The first-order valence-corrected chi connectivity index (χ1v) is 15.3. The molecule has 0 spiro atoms. The number of fused-ring (bicyclic) bond motifs is 6. The van der Waals surface area contributed by atoms with Crippen LogP contribution < -0.4 is 0 Å². The second-order valence-corrected chi connectivity index (χ2v) is 11.4. The second-order valence-electron chi connectivity index (χ2n) is 11.4. The monoisotopic (exact) mass is 605 g/mol. The molecule has 0 saturated heterocycles. The molecule has 0 aliphatic carbocycles. The van der Waals surface area contributed by atoms with E-state index in [1.807, 2.05) is 18.2 Å². The summed E-state index contributed by atoms with van der Waals surface area (Å²) in [6.07, 6.45) is 10.4. The van der Waals surface area contributed by atoms with Crippen LogP contribution in [0.15, 0.2) is 134 Å². The van der Waals surface area contributed by atoms with E-state index in [0.717, 1.165) is 72.6 Å². The van der Waals surface area contributed by atoms with Gasteiger partial charge in [-0.15, -0.1) is 0 Å². The van der Waals surface area contributed by atoms with Crippen LogP contribution in [0.2, 0.25) is 0 Å². The number of hydrogen-bond acceptors (Lipinski definition) is 6. The molecule has 47 heavy (non-hydrogen) atoms. The molecule has 10 aromatic rings. The fourth-order valence-electron chi connectivity index (χ4n) is 6.79. The molecule has 0 fully saturated rings. The standard InChI is InChI=1S/C38H23N9/c1-3-9-32-26(6-1)27-7-2-4-10-33(27)46(32)25-19-23(29-21-30-37(45-29)43-16-14-39-30)18-24(20-25)35-22-31-38(44-17-15-40-31)47(35)34-11-13-42-36-28(34)8-5-12-41-36/h1-22H,(H,43,45). The van der Waals surface area contributed by atoms with E-state index in [0.29, 0.717) is 5.65 Å². The molecule has 0 unspecified atom stereocenters. The Hall–Kier alpha value is -6.74. The first kappa shape index (κ1) is 25.6. The Bertz CT molecular complexity index is 2730. The van der Waals surface area contributed by atoms with Crippen molar-refractivity contribution in [1.82, 2.24) is 44.0 Å². The summed E-state index contributed by atoms with van der Waals surface area (Å²) >= 11 is 0. The van der Waals surface area contributed by atoms with Crippen LogP contribution in [0.5, 0.6) is 0 Å². The highest BCUT2D eigenvalue weighted by Gasteiger charge is 2.20. The van der Waals surface area contributed by atoms with Crippen molar-refractivity contribution in [2.75, 3.05) is 0 Å². The van der Waals surface area contributed by atoms with Gasteiger partial charge in [0.15, 0.2) is 16.9 Å². The smallest absolute Gasteiger partial charge is 0.163 e. The zero-order chi connectivity index (χ0) is 30.9. The Morgan fingerprint density at radius 2 is 1.19 bits per heavy atom. The summed E-state index contributed by atoms with van der Waals surface area (Å²) in [6, 6.07) is 33.9. The lowest BCUT2D eigenvalue weighted by Gasteiger charge is -2.16. The normalized spacial score (nSPS) is 11.8. The summed E-state index contributed by atoms with van der Waals surface area (Å²) < 4.78 is 4.50. The molecule has 9 heteroatoms. The van der Waals surface area contributed by atoms with Crippen LogP contribution in [0.3, 0.4) is 0 Å². The first-order chi connectivity index (χ1) is 23.3. The van der Waals surface area contributed by atoms with E-state index in [1.165, 1.54) is 10.8 Å². The van der Waals surface area contributed by atoms with Gasteiger partial charge < -0.3 is 9.55 Å². The Morgan fingerprint density at radius 3 is 2.02 bits per heavy atom. The van der Waals surface area contributed by atoms with Crippen molar-refractivity contribution < 1.29 is 0 Å². The fourth-order valence-corrected chi connectivity index (χ4v) is 6.79. The number of aromatic nitrogens is 9. The third-order valence-electron chi connectivity index (χ3n) is 8.79. The Kier molecular flexibility index (Phi) is 5.38. The molecule has 0 amide bonds. The molecule has 7 heterocycles. The largest absolute Gasteiger partial charge is 0.338 e. The highest BCUT2D eigenvalue weighted by Crippen LogP contribution is 2.38. The Balaban J connectivity index is 1.31. The summed E-state index contributed by atoms with van der Waals surface area (Å²) in [7, 11) is 0. The van der Waals surface area contributed by atoms with Crippen molar-refractivity contribution in [2.45, 2.75) is 0 Å². The number of rotatable bonds is 4. The van der Waals surface area contributed by atoms with Crippen molar-refractivity contribution in [3.05, 3.63) is 134 Å². The molecule has 1 N–H and O–H groups in total. The lowest BCUT2D eigenvalue weighted by molar-refractivity contribution is 1.09. The SMILES string of the molecule is c1cnc2nccc(-n3c(-c4cc(-c5cc6nccnc6[nH]5)cc(-n5c6ccccc6c6ccccc65)c4)cc4nccnc43)c2c1. The van der Waals surface area contributed by atoms with Gasteiger partial charge in [0.05, 0.1) is 22.4 Å². The van der Waals surface area contributed by atoms with E-state index in [9.17, 15) is 0 Å². The number of hydrogen-bond donors (Lipinski definition) is 1. The number of pyridine rings is 2. The Labute approximate surface area is 266 Å². The van der Waals surface area contributed by atoms with E-state index in [2.05, 4.69) is 113 Å². The number of benzene rings is 3. The van der Waals surface area contributed by atoms with Gasteiger partial charge in [0.25, 0.3) is 0 Å². The van der Waals surface area contributed by atoms with Crippen LogP contribution in [0.25, 0.3) is 89.1 Å². The van der Waals surface area contributed by atoms with Crippen molar-refractivity contribution in [1.29, 1.82) is 0 Å². The van der Waals surface area contributed by atoms with Gasteiger partial charge in [-0.2, -0.15) is 0 Å². The summed E-state index contributed by atoms with van der Waals surface area (Å²) in [4.78, 5) is 31.2. The quantitative estimate of drug-likeness (QED) is 0.218. The number of nitrogens with zero attached hydrogens (tertiary/aromatic N) is 8. The summed E-state index contributed by atoms with van der Waals surface area (Å²) in [5.41, 5.74) is 11.8. The number of nitrogens with one attached hydrogen (secondary N) is 1. The zero-order valence-corrected chi connectivity index (χ0v) is 24.8. The minimum absolute atomic E-state index is 0.666. The molecule has 10 rings (SSSR count). The lowest BCUT2D eigenvalue weighted by Crippen LogP contribution is -2.02. The van der Waals surface area contributed by atoms with Gasteiger partial charge in [0, 0.05) is 75.8 Å². The maximum Gasteiger partial charge on any atom is 0.163 e. The van der Waals surface area contributed by atoms with Gasteiger partial charge in [0.1, 0.15) is 11.0 Å². The van der Waals surface area contributed by atoms with Crippen LogP contribution in [-0.4, -0.2) is 44.0 Å². The maximum absolute atomic E-state index is 4.81. The highest BCUT2D eigenvalue weighted by molar-refractivity contribution is 6.09. The van der Waals surface area contributed by atoms with Crippen molar-refractivity contribution >= 4 is 55.2 Å². The molecule has 7 aromatic heterocycles. The summed E-state index contributed by atoms with van der Waals surface area (Å²) in [6.45, 7) is 0. The third-order valence-corrected chi connectivity index (χ3v) is 8.79. The number of para-hydroxylation sites is 2. The summed E-state index contributed by atoms with van der Waals surface area (Å²) in [5.74, 6) is 0. The maximum atomic E-state index is 4.81. The summed E-state index contributed by atoms with van der Waals surface area (Å²) in [5, 5.41) is 3.32. The van der Waals surface area contributed by atoms with Gasteiger partial charge in [-0.3, -0.25) is 14.5 Å². The van der Waals surface area contributed by atoms with E-state index in [4.69, 9.17) is 9.97 Å². The minimum Gasteiger partial charge on any atom is -0.338 e. The number of H-pyrrole nitrogens is 1. The van der Waals surface area contributed by atoms with Crippen LogP contribution in [0, 0.1) is 0 Å². The molecule has 0 atom stereocenters. The van der Waals surface area contributed by atoms with E-state index < -0.39 is 0 Å². The molecule has 0 aliphatic heterocycles. The Morgan fingerprint density at radius 1 is 0.489 bits per heavy atom. The molecule has 9 nitrogen and oxygen atoms in total. The number of aromatic amines is 1. The molecule has 0 aliphatic rings. The highest BCUT2D eigenvalue weighted by atomic mass is 15.1. The van der Waals surface area contributed by atoms with E-state index in [1.54, 1.807) is 37.2 Å². The topological polar surface area (TPSA) is 103 Å². The molecule has 220 valence electrons. The molecule has 3 aromatic carbocycles. The average molecular weight is 606 g/mol. The van der Waals surface area contributed by atoms with E-state index >= 15 is 0 Å². The predicted octanol–water partition coefficient (Wildman–Crippen LogP) is 8.07. The van der Waals surface area contributed by atoms with Gasteiger partial charge >= 0.3 is 0 Å². The van der Waals surface area contributed by atoms with Gasteiger partial charge in [-0.25, -0.2) is 19.9 Å². The van der Waals surface area contributed by atoms with Gasteiger partial charge in [0.2, 0.25) is 0 Å². The predicted molar refractivity (Wildman–Crippen MR) is 185 cm³/mol. The lowest BCUT2D eigenvalue weighted by atomic mass is 10.0. The second kappa shape index (κ2) is 9.88. The van der Waals surface area contributed by atoms with Crippen LogP contribution >= 0.6 is 0 Å². The van der Waals surface area contributed by atoms with Gasteiger partial charge in [-0.1, -0.05) is 36.4 Å². The average Bonchev–Trinajstić information content (AvgIpc) is 3.83. The molecular formula is C38H23N9. The molecule has 0 radical (unpaired) electrons. The van der Waals surface area contributed by atoms with Crippen molar-refractivity contribution in [2.24, 2.45) is 0 Å².